The fourth-order valence-electron chi connectivity index (χ4n) is 7.03. The van der Waals surface area contributed by atoms with E-state index in [9.17, 15) is 37.6 Å². The number of nitriles is 1. The number of alkyl halides is 3. The molecule has 4 N–H and O–H groups in total. The van der Waals surface area contributed by atoms with Crippen LogP contribution in [0.25, 0.3) is 0 Å². The molecule has 5 unspecified atom stereocenters. The molecule has 4 rings (SSSR count). The summed E-state index contributed by atoms with van der Waals surface area (Å²) in [5.41, 5.74) is 3.04. The van der Waals surface area contributed by atoms with E-state index in [-0.39, 0.29) is 36.6 Å². The van der Waals surface area contributed by atoms with E-state index in [1.165, 1.54) is 25.7 Å². The second kappa shape index (κ2) is 9.03. The predicted octanol–water partition coefficient (Wildman–Crippen LogP) is 1.25. The molecule has 2 aliphatic carbocycles. The number of carbonyl (C=O) groups excluding carboxylic acids is 4. The van der Waals surface area contributed by atoms with E-state index >= 15 is 0 Å². The van der Waals surface area contributed by atoms with Gasteiger partial charge in [-0.15, -0.1) is 0 Å². The van der Waals surface area contributed by atoms with Gasteiger partial charge in [0.1, 0.15) is 11.6 Å². The lowest BCUT2D eigenvalue weighted by molar-refractivity contribution is -0.176. The average molecular weight is 524 g/mol. The molecule has 0 aromatic heterocycles. The molecule has 9 nitrogen and oxygen atoms in total. The van der Waals surface area contributed by atoms with Gasteiger partial charge >= 0.3 is 12.1 Å². The van der Waals surface area contributed by atoms with E-state index in [4.69, 9.17) is 5.73 Å². The van der Waals surface area contributed by atoms with E-state index in [1.807, 2.05) is 17.5 Å². The van der Waals surface area contributed by atoms with Crippen molar-refractivity contribution in [2.75, 3.05) is 13.1 Å². The van der Waals surface area contributed by atoms with Crippen molar-refractivity contribution in [3.63, 3.8) is 0 Å². The molecule has 0 radical (unpaired) electrons. The van der Waals surface area contributed by atoms with Crippen LogP contribution in [0.1, 0.15) is 40.0 Å². The van der Waals surface area contributed by atoms with Crippen LogP contribution in [0.2, 0.25) is 0 Å². The number of primary amides is 1. The van der Waals surface area contributed by atoms with Gasteiger partial charge in [0, 0.05) is 24.9 Å². The zero-order valence-electron chi connectivity index (χ0n) is 21.0. The van der Waals surface area contributed by atoms with Crippen LogP contribution in [-0.2, 0) is 19.2 Å². The van der Waals surface area contributed by atoms with Gasteiger partial charge in [-0.2, -0.15) is 18.4 Å². The third-order valence-electron chi connectivity index (χ3n) is 8.65. The van der Waals surface area contributed by atoms with Gasteiger partial charge in [0.2, 0.25) is 17.7 Å². The van der Waals surface area contributed by atoms with Crippen LogP contribution in [-0.4, -0.2) is 59.4 Å². The maximum atomic E-state index is 14.1. The first-order chi connectivity index (χ1) is 17.1. The molecule has 12 heteroatoms. The molecule has 4 amide bonds. The first-order valence-electron chi connectivity index (χ1n) is 12.5. The Morgan fingerprint density at radius 3 is 2.43 bits per heavy atom. The molecule has 2 aliphatic heterocycles. The summed E-state index contributed by atoms with van der Waals surface area (Å²) in [6, 6.07) is 0.507. The molecule has 0 aromatic carbocycles. The number of hydrogen-bond donors (Lipinski definition) is 3. The molecular weight excluding hydrogens is 491 g/mol. The van der Waals surface area contributed by atoms with E-state index in [0.717, 1.165) is 6.42 Å². The van der Waals surface area contributed by atoms with Gasteiger partial charge in [-0.05, 0) is 42.4 Å². The molecule has 8 atom stereocenters. The summed E-state index contributed by atoms with van der Waals surface area (Å²) in [7, 11) is 0. The predicted molar refractivity (Wildman–Crippen MR) is 124 cm³/mol. The number of likely N-dealkylation sites (tertiary alicyclic amines) is 1. The van der Waals surface area contributed by atoms with Gasteiger partial charge < -0.3 is 21.3 Å². The number of nitrogens with two attached hydrogens (primary N) is 1. The summed E-state index contributed by atoms with van der Waals surface area (Å²) >= 11 is 0. The maximum Gasteiger partial charge on any atom is 0.471 e. The van der Waals surface area contributed by atoms with Gasteiger partial charge in [0.05, 0.1) is 12.0 Å². The van der Waals surface area contributed by atoms with Crippen molar-refractivity contribution in [2.45, 2.75) is 57.8 Å². The first-order valence-corrected chi connectivity index (χ1v) is 12.5. The van der Waals surface area contributed by atoms with Crippen molar-refractivity contribution in [3.8, 4) is 6.07 Å². The SMILES string of the molecule is CC(C)(C)[C@H](NC(=O)C(F)(F)F)C(=O)N1CC2C3C=CC(C3)C2C1(C(N)=O)[C@@H](C#N)C[C@H]1CCNC1=O. The molecule has 37 heavy (non-hydrogen) atoms. The quantitative estimate of drug-likeness (QED) is 0.449. The third-order valence-corrected chi connectivity index (χ3v) is 8.65. The van der Waals surface area contributed by atoms with E-state index < -0.39 is 58.6 Å². The first kappa shape index (κ1) is 26.9. The van der Waals surface area contributed by atoms with Crippen molar-refractivity contribution >= 4 is 23.6 Å². The highest BCUT2D eigenvalue weighted by Crippen LogP contribution is 2.60. The molecule has 0 spiro atoms. The largest absolute Gasteiger partial charge is 0.471 e. The van der Waals surface area contributed by atoms with Gasteiger partial charge in [0.25, 0.3) is 0 Å². The van der Waals surface area contributed by atoms with Crippen LogP contribution in [0.3, 0.4) is 0 Å². The van der Waals surface area contributed by atoms with Crippen LogP contribution >= 0.6 is 0 Å². The molecule has 2 heterocycles. The maximum absolute atomic E-state index is 14.1. The molecule has 1 saturated carbocycles. The Morgan fingerprint density at radius 2 is 1.92 bits per heavy atom. The summed E-state index contributed by atoms with van der Waals surface area (Å²) in [6.45, 7) is 4.95. The number of carbonyl (C=O) groups is 4. The highest BCUT2D eigenvalue weighted by Gasteiger charge is 2.70. The zero-order valence-corrected chi connectivity index (χ0v) is 21.0. The topological polar surface area (TPSA) is 145 Å². The number of fused-ring (bicyclic) bond motifs is 5. The monoisotopic (exact) mass is 523 g/mol. The molecule has 2 saturated heterocycles. The van der Waals surface area contributed by atoms with Crippen LogP contribution < -0.4 is 16.4 Å². The highest BCUT2D eigenvalue weighted by atomic mass is 19.4. The third kappa shape index (κ3) is 4.26. The van der Waals surface area contributed by atoms with E-state index in [2.05, 4.69) is 11.4 Å². The van der Waals surface area contributed by atoms with Crippen molar-refractivity contribution < 1.29 is 32.3 Å². The minimum Gasteiger partial charge on any atom is -0.368 e. The minimum absolute atomic E-state index is 0.0153. The second-order valence-electron chi connectivity index (χ2n) is 11.7. The van der Waals surface area contributed by atoms with E-state index in [0.29, 0.717) is 13.0 Å². The number of nitrogens with zero attached hydrogens (tertiary/aromatic N) is 2. The zero-order chi connectivity index (χ0) is 27.5. The average Bonchev–Trinajstić information content (AvgIpc) is 3.55. The Hall–Kier alpha value is -3.10. The number of hydrogen-bond acceptors (Lipinski definition) is 5. The summed E-state index contributed by atoms with van der Waals surface area (Å²) in [5, 5.41) is 14.8. The minimum atomic E-state index is -5.22. The van der Waals surface area contributed by atoms with Gasteiger partial charge in [-0.3, -0.25) is 19.2 Å². The Kier molecular flexibility index (Phi) is 6.57. The fraction of sp³-hybridized carbons (Fsp3) is 0.720. The van der Waals surface area contributed by atoms with Crippen molar-refractivity contribution in [3.05, 3.63) is 12.2 Å². The number of nitrogens with one attached hydrogen (secondary N) is 2. The molecule has 2 bridgehead atoms. The molecule has 202 valence electrons. The van der Waals surface area contributed by atoms with Crippen molar-refractivity contribution in [2.24, 2.45) is 46.7 Å². The van der Waals surface area contributed by atoms with Crippen molar-refractivity contribution in [1.82, 2.24) is 15.5 Å². The fourth-order valence-corrected chi connectivity index (χ4v) is 7.03. The number of rotatable bonds is 6. The van der Waals surface area contributed by atoms with Crippen LogP contribution in [0, 0.1) is 52.3 Å². The van der Waals surface area contributed by atoms with E-state index in [1.54, 1.807) is 0 Å². The molecule has 3 fully saturated rings. The second-order valence-corrected chi connectivity index (χ2v) is 11.7. The lowest BCUT2D eigenvalue weighted by Gasteiger charge is -2.46. The van der Waals surface area contributed by atoms with Gasteiger partial charge in [-0.25, -0.2) is 0 Å². The smallest absolute Gasteiger partial charge is 0.368 e. The molecule has 0 aromatic rings. The Bertz CT molecular complexity index is 1080. The summed E-state index contributed by atoms with van der Waals surface area (Å²) in [5.74, 6) is -6.93. The Morgan fingerprint density at radius 1 is 1.27 bits per heavy atom. The Labute approximate surface area is 213 Å². The van der Waals surface area contributed by atoms with Crippen LogP contribution in [0.15, 0.2) is 12.2 Å². The Balaban J connectivity index is 1.80. The summed E-state index contributed by atoms with van der Waals surface area (Å²) in [6.07, 6.45) is -0.117. The van der Waals surface area contributed by atoms with Gasteiger partial charge in [0.15, 0.2) is 0 Å². The standard InChI is InChI=1S/C25H32F3N5O4/c1-23(2,3)18(32-22(37)25(26,27)28)20(35)33-11-16-12-4-5-13(8-12)17(16)24(33,21(30)36)15(10-29)9-14-6-7-31-19(14)34/h4-5,12-18H,6-9,11H2,1-3H3,(H2,30,36)(H,31,34)(H,32,37)/t12?,13?,14-,15-,16?,17?,18-,24?/m1/s1. The number of halogens is 3. The van der Waals surface area contributed by atoms with Crippen molar-refractivity contribution in [1.29, 1.82) is 5.26 Å². The van der Waals surface area contributed by atoms with Crippen LogP contribution in [0.5, 0.6) is 0 Å². The van der Waals surface area contributed by atoms with Crippen LogP contribution in [0.4, 0.5) is 13.2 Å². The highest BCUT2D eigenvalue weighted by molar-refractivity contribution is 5.96. The lowest BCUT2D eigenvalue weighted by atomic mass is 9.65. The number of allylic oxidation sites excluding steroid dienone is 2. The molecule has 4 aliphatic rings. The lowest BCUT2D eigenvalue weighted by Crippen LogP contribution is -2.68. The number of amides is 4. The molecular formula is C25H32F3N5O4. The summed E-state index contributed by atoms with van der Waals surface area (Å²) < 4.78 is 39.5. The normalized spacial score (nSPS) is 34.0. The van der Waals surface area contributed by atoms with Gasteiger partial charge in [-0.1, -0.05) is 32.9 Å². The summed E-state index contributed by atoms with van der Waals surface area (Å²) in [4.78, 5) is 53.0.